The monoisotopic (exact) mass is 261 g/mol. The average molecular weight is 262 g/mol. The van der Waals surface area contributed by atoms with Crippen molar-refractivity contribution in [2.45, 2.75) is 13.8 Å². The van der Waals surface area contributed by atoms with Crippen molar-refractivity contribution in [1.29, 1.82) is 0 Å². The van der Waals surface area contributed by atoms with E-state index >= 15 is 0 Å². The number of aromatic nitrogens is 1. The zero-order valence-corrected chi connectivity index (χ0v) is 9.84. The molecule has 14 heavy (non-hydrogen) atoms. The number of pyridine rings is 1. The predicted octanol–water partition coefficient (Wildman–Crippen LogP) is 1.95. The fourth-order valence-electron chi connectivity index (χ4n) is 0.685. The molecule has 1 N–H and O–H groups in total. The highest BCUT2D eigenvalue weighted by Crippen LogP contribution is 2.02. The van der Waals surface area contributed by atoms with Crippen molar-refractivity contribution in [3.63, 3.8) is 0 Å². The van der Waals surface area contributed by atoms with E-state index in [0.717, 1.165) is 0 Å². The van der Waals surface area contributed by atoms with E-state index in [2.05, 4.69) is 25.7 Å². The Morgan fingerprint density at radius 1 is 1.43 bits per heavy atom. The zero-order valence-electron chi connectivity index (χ0n) is 8.26. The first-order valence-electron chi connectivity index (χ1n) is 4.12. The maximum absolute atomic E-state index is 10.9. The van der Waals surface area contributed by atoms with Gasteiger partial charge in [0.05, 0.1) is 11.6 Å². The number of H-pyrrole nitrogens is 1. The summed E-state index contributed by atoms with van der Waals surface area (Å²) in [7, 11) is 1.25. The molecule has 4 nitrogen and oxygen atoms in total. The van der Waals surface area contributed by atoms with Crippen LogP contribution in [0.15, 0.2) is 21.4 Å². The van der Waals surface area contributed by atoms with E-state index in [1.165, 1.54) is 19.2 Å². The fraction of sp³-hybridized carbons (Fsp3) is 0.333. The van der Waals surface area contributed by atoms with Crippen molar-refractivity contribution in [3.8, 4) is 0 Å². The summed E-state index contributed by atoms with van der Waals surface area (Å²) in [5, 5.41) is 0. The van der Waals surface area contributed by atoms with Gasteiger partial charge >= 0.3 is 5.97 Å². The SMILES string of the molecule is CC.COC(=O)c1ccc(Br)c(=O)[nH]1. The van der Waals surface area contributed by atoms with Gasteiger partial charge in [0.15, 0.2) is 0 Å². The molecule has 0 spiro atoms. The molecule has 0 saturated carbocycles. The van der Waals surface area contributed by atoms with Crippen molar-refractivity contribution < 1.29 is 9.53 Å². The Morgan fingerprint density at radius 3 is 2.43 bits per heavy atom. The van der Waals surface area contributed by atoms with Crippen molar-refractivity contribution in [3.05, 3.63) is 32.7 Å². The topological polar surface area (TPSA) is 59.2 Å². The lowest BCUT2D eigenvalue weighted by Gasteiger charge is -1.97. The Kier molecular flexibility index (Phi) is 5.87. The quantitative estimate of drug-likeness (QED) is 0.787. The number of esters is 1. The van der Waals surface area contributed by atoms with E-state index < -0.39 is 5.97 Å². The summed E-state index contributed by atoms with van der Waals surface area (Å²) in [5.41, 5.74) is -0.205. The molecule has 1 aromatic heterocycles. The first-order chi connectivity index (χ1) is 6.65. The second-order valence-corrected chi connectivity index (χ2v) is 2.89. The normalized spacial score (nSPS) is 8.57. The van der Waals surface area contributed by atoms with Gasteiger partial charge in [-0.2, -0.15) is 0 Å². The number of carbonyl (C=O) groups is 1. The molecule has 0 aromatic carbocycles. The third-order valence-corrected chi connectivity index (χ3v) is 1.89. The third kappa shape index (κ3) is 3.33. The molecule has 0 saturated heterocycles. The van der Waals surface area contributed by atoms with Gasteiger partial charge < -0.3 is 9.72 Å². The van der Waals surface area contributed by atoms with Crippen LogP contribution >= 0.6 is 15.9 Å². The maximum atomic E-state index is 10.9. The van der Waals surface area contributed by atoms with Crippen LogP contribution in [-0.4, -0.2) is 18.1 Å². The molecule has 0 fully saturated rings. The lowest BCUT2D eigenvalue weighted by Crippen LogP contribution is -2.13. The number of hydrogen-bond acceptors (Lipinski definition) is 3. The number of halogens is 1. The smallest absolute Gasteiger partial charge is 0.354 e. The molecule has 0 bridgehead atoms. The van der Waals surface area contributed by atoms with E-state index in [4.69, 9.17) is 0 Å². The number of ether oxygens (including phenoxy) is 1. The lowest BCUT2D eigenvalue weighted by atomic mass is 10.3. The molecule has 1 rings (SSSR count). The van der Waals surface area contributed by atoms with Crippen LogP contribution in [0, 0.1) is 0 Å². The minimum atomic E-state index is -0.556. The molecule has 0 aliphatic heterocycles. The Labute approximate surface area is 90.4 Å². The second kappa shape index (κ2) is 6.37. The van der Waals surface area contributed by atoms with E-state index in [9.17, 15) is 9.59 Å². The van der Waals surface area contributed by atoms with Crippen LogP contribution in [-0.2, 0) is 4.74 Å². The van der Waals surface area contributed by atoms with E-state index in [-0.39, 0.29) is 11.3 Å². The molecule has 0 aliphatic rings. The molecular formula is C9H12BrNO3. The summed E-state index contributed by atoms with van der Waals surface area (Å²) in [6.07, 6.45) is 0. The number of nitrogens with one attached hydrogen (secondary N) is 1. The van der Waals surface area contributed by atoms with E-state index in [0.29, 0.717) is 4.47 Å². The lowest BCUT2D eigenvalue weighted by molar-refractivity contribution is 0.0593. The summed E-state index contributed by atoms with van der Waals surface area (Å²) in [5.74, 6) is -0.556. The Balaban J connectivity index is 0.000000791. The highest BCUT2D eigenvalue weighted by molar-refractivity contribution is 9.10. The van der Waals surface area contributed by atoms with Crippen LogP contribution in [0.4, 0.5) is 0 Å². The average Bonchev–Trinajstić information content (AvgIpc) is 2.24. The van der Waals surface area contributed by atoms with Gasteiger partial charge in [0.25, 0.3) is 5.56 Å². The number of aromatic amines is 1. The van der Waals surface area contributed by atoms with Crippen LogP contribution < -0.4 is 5.56 Å². The van der Waals surface area contributed by atoms with Gasteiger partial charge in [-0.3, -0.25) is 4.79 Å². The molecule has 5 heteroatoms. The Hall–Kier alpha value is -1.10. The summed E-state index contributed by atoms with van der Waals surface area (Å²) < 4.78 is 4.79. The van der Waals surface area contributed by atoms with Crippen molar-refractivity contribution in [2.24, 2.45) is 0 Å². The molecule has 0 atom stereocenters. The standard InChI is InChI=1S/C7H6BrNO3.C2H6/c1-12-7(11)5-3-2-4(8)6(10)9-5;1-2/h2-3H,1H3,(H,9,10);1-2H3. The van der Waals surface area contributed by atoms with Crippen LogP contribution in [0.1, 0.15) is 24.3 Å². The zero-order chi connectivity index (χ0) is 11.1. The minimum absolute atomic E-state index is 0.144. The molecule has 78 valence electrons. The first kappa shape index (κ1) is 12.9. The predicted molar refractivity (Wildman–Crippen MR) is 57.5 cm³/mol. The van der Waals surface area contributed by atoms with Gasteiger partial charge in [-0.15, -0.1) is 0 Å². The maximum Gasteiger partial charge on any atom is 0.354 e. The molecule has 0 radical (unpaired) electrons. The summed E-state index contributed by atoms with van der Waals surface area (Å²) in [6.45, 7) is 4.00. The van der Waals surface area contributed by atoms with E-state index in [1.807, 2.05) is 13.8 Å². The van der Waals surface area contributed by atoms with Gasteiger partial charge in [0, 0.05) is 0 Å². The van der Waals surface area contributed by atoms with Crippen LogP contribution in [0.25, 0.3) is 0 Å². The molecule has 1 heterocycles. The van der Waals surface area contributed by atoms with Gasteiger partial charge in [0.2, 0.25) is 0 Å². The highest BCUT2D eigenvalue weighted by atomic mass is 79.9. The summed E-state index contributed by atoms with van der Waals surface area (Å²) in [6, 6.07) is 2.96. The largest absolute Gasteiger partial charge is 0.464 e. The van der Waals surface area contributed by atoms with Gasteiger partial charge in [-0.25, -0.2) is 4.79 Å². The molecule has 0 amide bonds. The van der Waals surface area contributed by atoms with Crippen LogP contribution in [0.2, 0.25) is 0 Å². The van der Waals surface area contributed by atoms with Crippen molar-refractivity contribution in [2.75, 3.05) is 7.11 Å². The number of rotatable bonds is 1. The third-order valence-electron chi connectivity index (χ3n) is 1.27. The number of methoxy groups -OCH3 is 1. The van der Waals surface area contributed by atoms with Crippen molar-refractivity contribution in [1.82, 2.24) is 4.98 Å². The highest BCUT2D eigenvalue weighted by Gasteiger charge is 2.06. The summed E-state index contributed by atoms with van der Waals surface area (Å²) >= 11 is 3.00. The molecule has 0 unspecified atom stereocenters. The van der Waals surface area contributed by atoms with Crippen LogP contribution in [0.5, 0.6) is 0 Å². The summed E-state index contributed by atoms with van der Waals surface area (Å²) in [4.78, 5) is 24.2. The first-order valence-corrected chi connectivity index (χ1v) is 4.91. The van der Waals surface area contributed by atoms with Gasteiger partial charge in [-0.1, -0.05) is 13.8 Å². The van der Waals surface area contributed by atoms with Crippen molar-refractivity contribution >= 4 is 21.9 Å². The molecular weight excluding hydrogens is 250 g/mol. The Morgan fingerprint density at radius 2 is 2.00 bits per heavy atom. The Bertz CT molecular complexity index is 359. The second-order valence-electron chi connectivity index (χ2n) is 2.04. The van der Waals surface area contributed by atoms with E-state index in [1.54, 1.807) is 0 Å². The fourth-order valence-corrected chi connectivity index (χ4v) is 0.916. The van der Waals surface area contributed by atoms with Gasteiger partial charge in [-0.05, 0) is 28.1 Å². The molecule has 0 aliphatic carbocycles. The number of carbonyl (C=O) groups excluding carboxylic acids is 1. The van der Waals surface area contributed by atoms with Gasteiger partial charge in [0.1, 0.15) is 5.69 Å². The number of hydrogen-bond donors (Lipinski definition) is 1. The van der Waals surface area contributed by atoms with Crippen LogP contribution in [0.3, 0.4) is 0 Å². The minimum Gasteiger partial charge on any atom is -0.464 e. The molecule has 1 aromatic rings.